The van der Waals surface area contributed by atoms with Crippen molar-refractivity contribution in [1.29, 1.82) is 0 Å². The molecular formula is C14H20N4O2. The highest BCUT2D eigenvalue weighted by Crippen LogP contribution is 2.30. The highest BCUT2D eigenvalue weighted by molar-refractivity contribution is 6.03. The molecule has 0 bridgehead atoms. The molecule has 108 valence electrons. The van der Waals surface area contributed by atoms with Gasteiger partial charge in [-0.15, -0.1) is 0 Å². The summed E-state index contributed by atoms with van der Waals surface area (Å²) in [6.07, 6.45) is 3.02. The van der Waals surface area contributed by atoms with E-state index in [1.807, 2.05) is 6.92 Å². The Morgan fingerprint density at radius 1 is 1.40 bits per heavy atom. The number of rotatable bonds is 3. The number of anilines is 1. The lowest BCUT2D eigenvalue weighted by Gasteiger charge is -2.29. The number of nitrogens with one attached hydrogen (secondary N) is 1. The maximum Gasteiger partial charge on any atom is 0.339 e. The molecule has 0 saturated carbocycles. The number of fused-ring (bicyclic) bond motifs is 1. The second-order valence-electron chi connectivity index (χ2n) is 6.09. The van der Waals surface area contributed by atoms with Crippen molar-refractivity contribution in [3.05, 3.63) is 18.0 Å². The molecule has 6 heteroatoms. The average molecular weight is 276 g/mol. The van der Waals surface area contributed by atoms with Crippen molar-refractivity contribution in [3.63, 3.8) is 0 Å². The number of carboxylic acid groups (broad SMARTS) is 1. The van der Waals surface area contributed by atoms with E-state index >= 15 is 0 Å². The molecule has 0 saturated heterocycles. The number of aryl methyl sites for hydroxylation is 1. The summed E-state index contributed by atoms with van der Waals surface area (Å²) in [5.41, 5.74) is 1.42. The Labute approximate surface area is 117 Å². The summed E-state index contributed by atoms with van der Waals surface area (Å²) in [4.78, 5) is 15.6. The van der Waals surface area contributed by atoms with Crippen LogP contribution in [0.5, 0.6) is 0 Å². The summed E-state index contributed by atoms with van der Waals surface area (Å²) in [6.45, 7) is 8.35. The summed E-state index contributed by atoms with van der Waals surface area (Å²) in [5.74, 6) is -0.994. The summed E-state index contributed by atoms with van der Waals surface area (Å²) in [7, 11) is 1.78. The van der Waals surface area contributed by atoms with E-state index in [0.717, 1.165) is 5.39 Å². The lowest BCUT2D eigenvalue weighted by molar-refractivity contribution is 0.0697. The molecule has 6 nitrogen and oxygen atoms in total. The predicted molar refractivity (Wildman–Crippen MR) is 78.0 cm³/mol. The first-order valence-electron chi connectivity index (χ1n) is 6.52. The van der Waals surface area contributed by atoms with Crippen LogP contribution in [0.15, 0.2) is 12.4 Å². The third-order valence-corrected chi connectivity index (χ3v) is 3.65. The van der Waals surface area contributed by atoms with Crippen molar-refractivity contribution in [2.45, 2.75) is 33.7 Å². The minimum absolute atomic E-state index is 0.00752. The molecule has 0 fully saturated rings. The van der Waals surface area contributed by atoms with Gasteiger partial charge in [0.1, 0.15) is 5.56 Å². The van der Waals surface area contributed by atoms with Crippen molar-refractivity contribution >= 4 is 22.7 Å². The van der Waals surface area contributed by atoms with Gasteiger partial charge in [0.2, 0.25) is 0 Å². The Bertz CT molecular complexity index is 655. The van der Waals surface area contributed by atoms with Gasteiger partial charge in [-0.3, -0.25) is 4.68 Å². The quantitative estimate of drug-likeness (QED) is 0.900. The molecule has 0 amide bonds. The first-order valence-corrected chi connectivity index (χ1v) is 6.52. The van der Waals surface area contributed by atoms with Crippen LogP contribution in [0.4, 0.5) is 5.69 Å². The van der Waals surface area contributed by atoms with Crippen molar-refractivity contribution < 1.29 is 9.90 Å². The van der Waals surface area contributed by atoms with Gasteiger partial charge in [0.15, 0.2) is 5.65 Å². The van der Waals surface area contributed by atoms with Gasteiger partial charge in [-0.2, -0.15) is 5.10 Å². The van der Waals surface area contributed by atoms with Gasteiger partial charge in [-0.1, -0.05) is 20.8 Å². The van der Waals surface area contributed by atoms with E-state index in [9.17, 15) is 9.90 Å². The van der Waals surface area contributed by atoms with Crippen LogP contribution in [0.25, 0.3) is 11.0 Å². The zero-order chi connectivity index (χ0) is 15.1. The third kappa shape index (κ3) is 2.45. The van der Waals surface area contributed by atoms with Crippen LogP contribution >= 0.6 is 0 Å². The van der Waals surface area contributed by atoms with Gasteiger partial charge in [-0.25, -0.2) is 9.78 Å². The maximum atomic E-state index is 11.4. The van der Waals surface area contributed by atoms with Crippen LogP contribution in [0.2, 0.25) is 0 Å². The van der Waals surface area contributed by atoms with Gasteiger partial charge < -0.3 is 10.4 Å². The minimum atomic E-state index is -0.994. The number of pyridine rings is 1. The van der Waals surface area contributed by atoms with Crippen molar-refractivity contribution in [2.24, 2.45) is 12.5 Å². The first-order chi connectivity index (χ1) is 9.21. The highest BCUT2D eigenvalue weighted by Gasteiger charge is 2.24. The van der Waals surface area contributed by atoms with Crippen LogP contribution in [0.3, 0.4) is 0 Å². The van der Waals surface area contributed by atoms with Crippen LogP contribution < -0.4 is 5.32 Å². The molecule has 0 spiro atoms. The number of aromatic carboxylic acids is 1. The van der Waals surface area contributed by atoms with Gasteiger partial charge in [0, 0.05) is 19.3 Å². The molecule has 0 aliphatic heterocycles. The van der Waals surface area contributed by atoms with Crippen molar-refractivity contribution in [3.8, 4) is 0 Å². The lowest BCUT2D eigenvalue weighted by Crippen LogP contribution is -2.31. The van der Waals surface area contributed by atoms with E-state index in [4.69, 9.17) is 0 Å². The second-order valence-corrected chi connectivity index (χ2v) is 6.09. The Balaban J connectivity index is 2.58. The van der Waals surface area contributed by atoms with E-state index in [1.165, 1.54) is 6.20 Å². The molecule has 2 aromatic rings. The molecule has 1 atom stereocenters. The molecule has 2 heterocycles. The fraction of sp³-hybridized carbons (Fsp3) is 0.500. The molecule has 0 aliphatic rings. The van der Waals surface area contributed by atoms with E-state index in [1.54, 1.807) is 17.9 Å². The van der Waals surface area contributed by atoms with Crippen LogP contribution in [-0.4, -0.2) is 31.9 Å². The van der Waals surface area contributed by atoms with Crippen LogP contribution in [-0.2, 0) is 7.05 Å². The van der Waals surface area contributed by atoms with E-state index in [-0.39, 0.29) is 17.0 Å². The van der Waals surface area contributed by atoms with Gasteiger partial charge in [-0.05, 0) is 12.3 Å². The third-order valence-electron chi connectivity index (χ3n) is 3.65. The smallest absolute Gasteiger partial charge is 0.339 e. The summed E-state index contributed by atoms with van der Waals surface area (Å²) < 4.78 is 1.63. The zero-order valence-corrected chi connectivity index (χ0v) is 12.4. The number of carbonyl (C=O) groups is 1. The largest absolute Gasteiger partial charge is 0.478 e. The number of hydrogen-bond donors (Lipinski definition) is 2. The molecule has 2 rings (SSSR count). The average Bonchev–Trinajstić information content (AvgIpc) is 2.70. The standard InChI is InChI=1S/C14H20N4O2/c1-8(14(2,3)4)17-11-9-7-16-18(5)12(9)15-6-10(11)13(19)20/h6-8H,1-5H3,(H,15,17)(H,19,20). The molecular weight excluding hydrogens is 256 g/mol. The van der Waals surface area contributed by atoms with Crippen molar-refractivity contribution in [2.75, 3.05) is 5.32 Å². The summed E-state index contributed by atoms with van der Waals surface area (Å²) in [6, 6.07) is 0.103. The molecule has 1 unspecified atom stereocenters. The summed E-state index contributed by atoms with van der Waals surface area (Å²) >= 11 is 0. The number of carboxylic acids is 1. The Hall–Kier alpha value is -2.11. The molecule has 0 aliphatic carbocycles. The Morgan fingerprint density at radius 3 is 2.60 bits per heavy atom. The van der Waals surface area contributed by atoms with Gasteiger partial charge in [0.25, 0.3) is 0 Å². The molecule has 0 radical (unpaired) electrons. The van der Waals surface area contributed by atoms with E-state index in [2.05, 4.69) is 36.2 Å². The first kappa shape index (κ1) is 14.3. The summed E-state index contributed by atoms with van der Waals surface area (Å²) in [5, 5.41) is 17.5. The fourth-order valence-corrected chi connectivity index (χ4v) is 1.85. The molecule has 20 heavy (non-hydrogen) atoms. The fourth-order valence-electron chi connectivity index (χ4n) is 1.85. The molecule has 0 aromatic carbocycles. The van der Waals surface area contributed by atoms with Crippen LogP contribution in [0.1, 0.15) is 38.1 Å². The number of nitrogens with zero attached hydrogens (tertiary/aromatic N) is 3. The second kappa shape index (κ2) is 4.77. The molecule has 2 aromatic heterocycles. The minimum Gasteiger partial charge on any atom is -0.478 e. The number of hydrogen-bond acceptors (Lipinski definition) is 4. The predicted octanol–water partition coefficient (Wildman–Crippen LogP) is 2.51. The molecule has 2 N–H and O–H groups in total. The normalized spacial score (nSPS) is 13.4. The lowest BCUT2D eigenvalue weighted by atomic mass is 9.87. The number of aromatic nitrogens is 3. The van der Waals surface area contributed by atoms with E-state index < -0.39 is 5.97 Å². The Kier molecular flexibility index (Phi) is 3.41. The Morgan fingerprint density at radius 2 is 2.05 bits per heavy atom. The topological polar surface area (TPSA) is 80.0 Å². The van der Waals surface area contributed by atoms with Crippen molar-refractivity contribution in [1.82, 2.24) is 14.8 Å². The monoisotopic (exact) mass is 276 g/mol. The highest BCUT2D eigenvalue weighted by atomic mass is 16.4. The van der Waals surface area contributed by atoms with Crippen LogP contribution in [0, 0.1) is 5.41 Å². The van der Waals surface area contributed by atoms with Gasteiger partial charge in [0.05, 0.1) is 17.3 Å². The van der Waals surface area contributed by atoms with E-state index in [0.29, 0.717) is 11.3 Å². The maximum absolute atomic E-state index is 11.4. The SMILES string of the molecule is CC(Nc1c(C(=O)O)cnc2c1cnn2C)C(C)(C)C. The zero-order valence-electron chi connectivity index (χ0n) is 12.4. The van der Waals surface area contributed by atoms with Gasteiger partial charge >= 0.3 is 5.97 Å².